The summed E-state index contributed by atoms with van der Waals surface area (Å²) in [6, 6.07) is 10.2. The minimum absolute atomic E-state index is 0.00183. The van der Waals surface area contributed by atoms with Crippen molar-refractivity contribution in [3.63, 3.8) is 0 Å². The largest absolute Gasteiger partial charge is 0.478 e. The molecule has 2 aromatic rings. The van der Waals surface area contributed by atoms with Crippen molar-refractivity contribution in [2.24, 2.45) is 0 Å². The van der Waals surface area contributed by atoms with Gasteiger partial charge in [-0.05, 0) is 42.5 Å². The van der Waals surface area contributed by atoms with Gasteiger partial charge in [-0.2, -0.15) is 4.31 Å². The molecule has 27 heavy (non-hydrogen) atoms. The van der Waals surface area contributed by atoms with Gasteiger partial charge < -0.3 is 5.11 Å². The van der Waals surface area contributed by atoms with Gasteiger partial charge in [-0.1, -0.05) is 19.9 Å². The Morgan fingerprint density at radius 2 is 1.52 bits per heavy atom. The number of sulfonamides is 2. The highest BCUT2D eigenvalue weighted by Gasteiger charge is 2.23. The Bertz CT molecular complexity index is 1030. The molecule has 0 fully saturated rings. The molecule has 2 rings (SSSR count). The number of nitrogens with zero attached hydrogens (tertiary/aromatic N) is 1. The first-order valence-corrected chi connectivity index (χ1v) is 11.0. The summed E-state index contributed by atoms with van der Waals surface area (Å²) in [6.45, 7) is 4.05. The van der Waals surface area contributed by atoms with Gasteiger partial charge in [-0.3, -0.25) is 4.72 Å². The number of anilines is 1. The molecule has 0 saturated carbocycles. The first kappa shape index (κ1) is 20.9. The molecule has 0 saturated heterocycles. The van der Waals surface area contributed by atoms with Gasteiger partial charge in [-0.15, -0.1) is 0 Å². The summed E-state index contributed by atoms with van der Waals surface area (Å²) >= 11 is 0. The van der Waals surface area contributed by atoms with E-state index in [0.29, 0.717) is 13.1 Å². The van der Waals surface area contributed by atoms with Gasteiger partial charge in [0.2, 0.25) is 10.0 Å². The Labute approximate surface area is 158 Å². The van der Waals surface area contributed by atoms with Crippen LogP contribution in [0.4, 0.5) is 5.69 Å². The van der Waals surface area contributed by atoms with E-state index < -0.39 is 26.0 Å². The third-order valence-corrected chi connectivity index (χ3v) is 7.30. The fourth-order valence-electron chi connectivity index (χ4n) is 2.43. The van der Waals surface area contributed by atoms with E-state index in [0.717, 1.165) is 0 Å². The first-order chi connectivity index (χ1) is 12.6. The highest BCUT2D eigenvalue weighted by atomic mass is 32.2. The average molecular weight is 412 g/mol. The minimum Gasteiger partial charge on any atom is -0.478 e. The van der Waals surface area contributed by atoms with Crippen LogP contribution in [0.2, 0.25) is 0 Å². The van der Waals surface area contributed by atoms with Crippen molar-refractivity contribution in [3.8, 4) is 0 Å². The number of rotatable bonds is 8. The van der Waals surface area contributed by atoms with Crippen molar-refractivity contribution in [2.75, 3.05) is 17.8 Å². The fourth-order valence-corrected chi connectivity index (χ4v) is 4.94. The molecule has 2 aromatic carbocycles. The molecule has 146 valence electrons. The monoisotopic (exact) mass is 412 g/mol. The number of hydrogen-bond acceptors (Lipinski definition) is 5. The van der Waals surface area contributed by atoms with Crippen LogP contribution in [0.5, 0.6) is 0 Å². The standard InChI is InChI=1S/C17H20N2O6S2/c1-3-19(4-2)27(24,25)16-10-8-15(9-11-16)26(22,23)18-14-7-5-6-13(12-14)17(20)21/h5-12,18H,3-4H2,1-2H3,(H,20,21). The van der Waals surface area contributed by atoms with Crippen LogP contribution in [-0.2, 0) is 20.0 Å². The molecule has 0 bridgehead atoms. The lowest BCUT2D eigenvalue weighted by Crippen LogP contribution is -2.30. The minimum atomic E-state index is -4.00. The van der Waals surface area contributed by atoms with Crippen LogP contribution >= 0.6 is 0 Å². The van der Waals surface area contributed by atoms with E-state index in [-0.39, 0.29) is 21.0 Å². The predicted octanol–water partition coefficient (Wildman–Crippen LogP) is 2.22. The van der Waals surface area contributed by atoms with Crippen LogP contribution in [0.15, 0.2) is 58.3 Å². The Balaban J connectivity index is 2.30. The van der Waals surface area contributed by atoms with Crippen LogP contribution in [-0.4, -0.2) is 45.3 Å². The molecule has 0 aliphatic carbocycles. The van der Waals surface area contributed by atoms with E-state index in [1.165, 1.54) is 52.8 Å². The lowest BCUT2D eigenvalue weighted by molar-refractivity contribution is 0.0697. The van der Waals surface area contributed by atoms with Crippen LogP contribution in [0.25, 0.3) is 0 Å². The van der Waals surface area contributed by atoms with Gasteiger partial charge in [0.25, 0.3) is 10.0 Å². The van der Waals surface area contributed by atoms with Crippen molar-refractivity contribution in [3.05, 3.63) is 54.1 Å². The van der Waals surface area contributed by atoms with Crippen LogP contribution in [0, 0.1) is 0 Å². The van der Waals surface area contributed by atoms with E-state index in [1.807, 2.05) is 0 Å². The van der Waals surface area contributed by atoms with Crippen LogP contribution in [0.1, 0.15) is 24.2 Å². The summed E-state index contributed by atoms with van der Waals surface area (Å²) in [4.78, 5) is 10.8. The van der Waals surface area contributed by atoms with Crippen molar-refractivity contribution in [2.45, 2.75) is 23.6 Å². The first-order valence-electron chi connectivity index (χ1n) is 8.08. The second-order valence-corrected chi connectivity index (χ2v) is 9.17. The summed E-state index contributed by atoms with van der Waals surface area (Å²) in [7, 11) is -7.69. The molecule has 0 spiro atoms. The Hall–Kier alpha value is -2.43. The van der Waals surface area contributed by atoms with Gasteiger partial charge in [0.15, 0.2) is 0 Å². The fraction of sp³-hybridized carbons (Fsp3) is 0.235. The highest BCUT2D eigenvalue weighted by Crippen LogP contribution is 2.21. The molecule has 0 aromatic heterocycles. The third kappa shape index (κ3) is 4.65. The summed E-state index contributed by atoms with van der Waals surface area (Å²) in [6.07, 6.45) is 0. The number of nitrogens with one attached hydrogen (secondary N) is 1. The molecule has 0 aliphatic rings. The molecular formula is C17H20N2O6S2. The van der Waals surface area contributed by atoms with Crippen LogP contribution < -0.4 is 4.72 Å². The molecule has 0 unspecified atom stereocenters. The number of carboxylic acid groups (broad SMARTS) is 1. The maximum Gasteiger partial charge on any atom is 0.335 e. The van der Waals surface area contributed by atoms with Gasteiger partial charge in [-0.25, -0.2) is 21.6 Å². The second kappa shape index (κ2) is 8.07. The zero-order valence-electron chi connectivity index (χ0n) is 14.8. The summed E-state index contributed by atoms with van der Waals surface area (Å²) in [5.74, 6) is -1.18. The maximum absolute atomic E-state index is 12.5. The molecular weight excluding hydrogens is 392 g/mol. The summed E-state index contributed by atoms with van der Waals surface area (Å²) < 4.78 is 53.4. The maximum atomic E-state index is 12.5. The Kier molecular flexibility index (Phi) is 6.24. The van der Waals surface area contributed by atoms with Crippen molar-refractivity contribution in [1.29, 1.82) is 0 Å². The summed E-state index contributed by atoms with van der Waals surface area (Å²) in [5.41, 5.74) is 0.0330. The Morgan fingerprint density at radius 3 is 2.04 bits per heavy atom. The number of carboxylic acids is 1. The summed E-state index contributed by atoms with van der Waals surface area (Å²) in [5, 5.41) is 8.98. The molecule has 0 heterocycles. The van der Waals surface area contributed by atoms with Gasteiger partial charge in [0, 0.05) is 18.8 Å². The number of carbonyl (C=O) groups is 1. The second-order valence-electron chi connectivity index (χ2n) is 5.55. The normalized spacial score (nSPS) is 12.1. The van der Waals surface area contributed by atoms with Gasteiger partial charge in [0.1, 0.15) is 0 Å². The lowest BCUT2D eigenvalue weighted by Gasteiger charge is -2.18. The Morgan fingerprint density at radius 1 is 0.963 bits per heavy atom. The number of hydrogen-bond donors (Lipinski definition) is 2. The molecule has 0 aliphatic heterocycles. The molecule has 0 amide bonds. The highest BCUT2D eigenvalue weighted by molar-refractivity contribution is 7.92. The van der Waals surface area contributed by atoms with Crippen molar-refractivity contribution in [1.82, 2.24) is 4.31 Å². The number of benzene rings is 2. The molecule has 0 radical (unpaired) electrons. The van der Waals surface area contributed by atoms with Crippen LogP contribution in [0.3, 0.4) is 0 Å². The lowest BCUT2D eigenvalue weighted by atomic mass is 10.2. The van der Waals surface area contributed by atoms with Crippen molar-refractivity contribution < 1.29 is 26.7 Å². The zero-order chi connectivity index (χ0) is 20.2. The van der Waals surface area contributed by atoms with E-state index in [9.17, 15) is 21.6 Å². The van der Waals surface area contributed by atoms with E-state index in [2.05, 4.69) is 4.72 Å². The SMILES string of the molecule is CCN(CC)S(=O)(=O)c1ccc(S(=O)(=O)Nc2cccc(C(=O)O)c2)cc1. The third-order valence-electron chi connectivity index (χ3n) is 3.84. The number of aromatic carboxylic acids is 1. The molecule has 8 nitrogen and oxygen atoms in total. The molecule has 2 N–H and O–H groups in total. The van der Waals surface area contributed by atoms with E-state index >= 15 is 0 Å². The molecule has 10 heteroatoms. The van der Waals surface area contributed by atoms with E-state index in [4.69, 9.17) is 5.11 Å². The predicted molar refractivity (Wildman–Crippen MR) is 101 cm³/mol. The average Bonchev–Trinajstić information content (AvgIpc) is 2.62. The van der Waals surface area contributed by atoms with E-state index in [1.54, 1.807) is 13.8 Å². The quantitative estimate of drug-likeness (QED) is 0.686. The van der Waals surface area contributed by atoms with Crippen molar-refractivity contribution >= 4 is 31.7 Å². The smallest absolute Gasteiger partial charge is 0.335 e. The van der Waals surface area contributed by atoms with Gasteiger partial charge in [0.05, 0.1) is 15.4 Å². The zero-order valence-corrected chi connectivity index (χ0v) is 16.4. The molecule has 0 atom stereocenters. The van der Waals surface area contributed by atoms with Gasteiger partial charge >= 0.3 is 5.97 Å². The topological polar surface area (TPSA) is 121 Å².